The molecular formula is C9H6F4O. The van der Waals surface area contributed by atoms with Gasteiger partial charge in [-0.2, -0.15) is 13.2 Å². The first kappa shape index (κ1) is 9.45. The van der Waals surface area contributed by atoms with Gasteiger partial charge in [-0.1, -0.05) is 0 Å². The molecule has 1 aliphatic heterocycles. The molecule has 2 rings (SSSR count). The number of fused-ring (bicyclic) bond motifs is 1. The summed E-state index contributed by atoms with van der Waals surface area (Å²) >= 11 is 0. The Balaban J connectivity index is 2.52. The Hall–Kier alpha value is -1.10. The maximum Gasteiger partial charge on any atom is 0.416 e. The fourth-order valence-corrected chi connectivity index (χ4v) is 1.41. The topological polar surface area (TPSA) is 9.23 Å². The molecule has 0 bridgehead atoms. The minimum absolute atomic E-state index is 0.0518. The molecule has 14 heavy (non-hydrogen) atoms. The third-order valence-electron chi connectivity index (χ3n) is 2.12. The molecule has 0 atom stereocenters. The molecule has 1 nitrogen and oxygen atoms in total. The molecule has 0 saturated carbocycles. The van der Waals surface area contributed by atoms with Crippen LogP contribution >= 0.6 is 0 Å². The Kier molecular flexibility index (Phi) is 1.99. The molecule has 0 aromatic heterocycles. The van der Waals surface area contributed by atoms with Crippen molar-refractivity contribution in [1.29, 1.82) is 0 Å². The summed E-state index contributed by atoms with van der Waals surface area (Å²) in [5.74, 6) is -0.840. The summed E-state index contributed by atoms with van der Waals surface area (Å²) in [6, 6.07) is 1.44. The number of ether oxygens (including phenoxy) is 1. The van der Waals surface area contributed by atoms with Gasteiger partial charge in [-0.05, 0) is 17.7 Å². The molecule has 1 heterocycles. The summed E-state index contributed by atoms with van der Waals surface area (Å²) in [6.45, 7) is 0.107. The van der Waals surface area contributed by atoms with Gasteiger partial charge in [0.05, 0.1) is 18.8 Å². The lowest BCUT2D eigenvalue weighted by atomic mass is 10.1. The minimum Gasteiger partial charge on any atom is -0.372 e. The van der Waals surface area contributed by atoms with Crippen molar-refractivity contribution < 1.29 is 22.3 Å². The number of hydrogen-bond acceptors (Lipinski definition) is 1. The Morgan fingerprint density at radius 1 is 1.14 bits per heavy atom. The first-order chi connectivity index (χ1) is 6.48. The largest absolute Gasteiger partial charge is 0.416 e. The van der Waals surface area contributed by atoms with Crippen LogP contribution in [0.5, 0.6) is 0 Å². The zero-order chi connectivity index (χ0) is 10.3. The highest BCUT2D eigenvalue weighted by molar-refractivity contribution is 5.35. The lowest BCUT2D eigenvalue weighted by Crippen LogP contribution is -2.07. The van der Waals surface area contributed by atoms with Gasteiger partial charge in [-0.25, -0.2) is 4.39 Å². The van der Waals surface area contributed by atoms with Crippen molar-refractivity contribution in [2.75, 3.05) is 0 Å². The lowest BCUT2D eigenvalue weighted by molar-refractivity contribution is -0.137. The highest BCUT2D eigenvalue weighted by atomic mass is 19.4. The molecule has 0 fully saturated rings. The van der Waals surface area contributed by atoms with Crippen LogP contribution in [0, 0.1) is 5.82 Å². The van der Waals surface area contributed by atoms with Crippen molar-refractivity contribution in [3.8, 4) is 0 Å². The molecule has 0 spiro atoms. The molecule has 76 valence electrons. The van der Waals surface area contributed by atoms with E-state index >= 15 is 0 Å². The molecule has 0 aliphatic carbocycles. The van der Waals surface area contributed by atoms with E-state index in [-0.39, 0.29) is 24.3 Å². The Morgan fingerprint density at radius 3 is 2.50 bits per heavy atom. The lowest BCUT2D eigenvalue weighted by Gasteiger charge is -2.08. The van der Waals surface area contributed by atoms with Gasteiger partial charge in [0.2, 0.25) is 0 Å². The average molecular weight is 206 g/mol. The number of alkyl halides is 3. The van der Waals surface area contributed by atoms with Gasteiger partial charge in [-0.3, -0.25) is 0 Å². The summed E-state index contributed by atoms with van der Waals surface area (Å²) in [6.07, 6.45) is -4.50. The van der Waals surface area contributed by atoms with Crippen LogP contribution in [0.25, 0.3) is 0 Å². The van der Waals surface area contributed by atoms with E-state index in [1.807, 2.05) is 0 Å². The number of benzene rings is 1. The van der Waals surface area contributed by atoms with Crippen LogP contribution in [-0.2, 0) is 24.1 Å². The first-order valence-corrected chi connectivity index (χ1v) is 3.95. The highest BCUT2D eigenvalue weighted by Gasteiger charge is 2.33. The van der Waals surface area contributed by atoms with E-state index in [2.05, 4.69) is 0 Å². The minimum atomic E-state index is -4.50. The zero-order valence-corrected chi connectivity index (χ0v) is 6.99. The summed E-state index contributed by atoms with van der Waals surface area (Å²) in [4.78, 5) is 0. The van der Waals surface area contributed by atoms with Gasteiger partial charge in [0.1, 0.15) is 5.82 Å². The van der Waals surface area contributed by atoms with Gasteiger partial charge < -0.3 is 4.74 Å². The first-order valence-electron chi connectivity index (χ1n) is 3.95. The molecule has 1 aromatic rings. The van der Waals surface area contributed by atoms with Crippen molar-refractivity contribution in [3.05, 3.63) is 34.6 Å². The van der Waals surface area contributed by atoms with Crippen LogP contribution in [-0.4, -0.2) is 0 Å². The summed E-state index contributed by atoms with van der Waals surface area (Å²) < 4.78 is 54.6. The van der Waals surface area contributed by atoms with Gasteiger partial charge in [0.25, 0.3) is 0 Å². The Labute approximate surface area is 77.3 Å². The van der Waals surface area contributed by atoms with E-state index < -0.39 is 17.6 Å². The molecule has 0 unspecified atom stereocenters. The molecule has 1 aromatic carbocycles. The third-order valence-corrected chi connectivity index (χ3v) is 2.12. The van der Waals surface area contributed by atoms with E-state index in [0.717, 1.165) is 6.07 Å². The van der Waals surface area contributed by atoms with E-state index in [9.17, 15) is 17.6 Å². The Bertz CT molecular complexity index is 370. The monoisotopic (exact) mass is 206 g/mol. The zero-order valence-electron chi connectivity index (χ0n) is 6.99. The van der Waals surface area contributed by atoms with Crippen LogP contribution in [0.4, 0.5) is 17.6 Å². The van der Waals surface area contributed by atoms with E-state index in [0.29, 0.717) is 6.07 Å². The second kappa shape index (κ2) is 2.95. The van der Waals surface area contributed by atoms with Gasteiger partial charge in [0, 0.05) is 5.56 Å². The van der Waals surface area contributed by atoms with Crippen molar-refractivity contribution in [2.24, 2.45) is 0 Å². The van der Waals surface area contributed by atoms with Crippen molar-refractivity contribution in [1.82, 2.24) is 0 Å². The van der Waals surface area contributed by atoms with Crippen molar-refractivity contribution in [3.63, 3.8) is 0 Å². The third kappa shape index (κ3) is 1.48. The van der Waals surface area contributed by atoms with Gasteiger partial charge in [0.15, 0.2) is 0 Å². The Morgan fingerprint density at radius 2 is 1.86 bits per heavy atom. The molecule has 5 heteroatoms. The van der Waals surface area contributed by atoms with Crippen LogP contribution in [0.15, 0.2) is 12.1 Å². The fraction of sp³-hybridized carbons (Fsp3) is 0.333. The average Bonchev–Trinajstić information content (AvgIpc) is 2.50. The number of rotatable bonds is 0. The van der Waals surface area contributed by atoms with Crippen molar-refractivity contribution in [2.45, 2.75) is 19.4 Å². The fourth-order valence-electron chi connectivity index (χ4n) is 1.41. The predicted octanol–water partition coefficient (Wildman–Crippen LogP) is 2.87. The molecule has 1 aliphatic rings. The van der Waals surface area contributed by atoms with Crippen LogP contribution < -0.4 is 0 Å². The smallest absolute Gasteiger partial charge is 0.372 e. The summed E-state index contributed by atoms with van der Waals surface area (Å²) in [5, 5.41) is 0. The van der Waals surface area contributed by atoms with Gasteiger partial charge in [-0.15, -0.1) is 0 Å². The van der Waals surface area contributed by atoms with E-state index in [1.54, 1.807) is 0 Å². The summed E-state index contributed by atoms with van der Waals surface area (Å²) in [7, 11) is 0. The molecule has 0 amide bonds. The quantitative estimate of drug-likeness (QED) is 0.593. The predicted molar refractivity (Wildman–Crippen MR) is 39.9 cm³/mol. The highest BCUT2D eigenvalue weighted by Crippen LogP contribution is 2.33. The normalized spacial score (nSPS) is 15.7. The van der Waals surface area contributed by atoms with Crippen LogP contribution in [0.1, 0.15) is 16.7 Å². The second-order valence-corrected chi connectivity index (χ2v) is 3.09. The van der Waals surface area contributed by atoms with Gasteiger partial charge >= 0.3 is 6.18 Å². The maximum absolute atomic E-state index is 13.1. The number of hydrogen-bond donors (Lipinski definition) is 0. The SMILES string of the molecule is Fc1cc(C(F)(F)F)cc2c1COC2. The number of halogens is 4. The van der Waals surface area contributed by atoms with Crippen LogP contribution in [0.2, 0.25) is 0 Å². The maximum atomic E-state index is 13.1. The van der Waals surface area contributed by atoms with E-state index in [1.165, 1.54) is 0 Å². The standard InChI is InChI=1S/C9H6F4O/c10-8-2-6(9(11,12)13)1-5-3-14-4-7(5)8/h1-2H,3-4H2. The molecular weight excluding hydrogens is 200 g/mol. The van der Waals surface area contributed by atoms with Crippen molar-refractivity contribution >= 4 is 0 Å². The molecule has 0 N–H and O–H groups in total. The van der Waals surface area contributed by atoms with E-state index in [4.69, 9.17) is 4.74 Å². The van der Waals surface area contributed by atoms with Crippen LogP contribution in [0.3, 0.4) is 0 Å². The molecule has 0 saturated heterocycles. The second-order valence-electron chi connectivity index (χ2n) is 3.09. The molecule has 0 radical (unpaired) electrons. The summed E-state index contributed by atoms with van der Waals surface area (Å²) in [5.41, 5.74) is -0.436.